The van der Waals surface area contributed by atoms with Crippen LogP contribution in [0.15, 0.2) is 0 Å². The molecular formula is C12H26O2S. The van der Waals surface area contributed by atoms with Gasteiger partial charge in [-0.2, -0.15) is 11.8 Å². The van der Waals surface area contributed by atoms with E-state index in [1.54, 1.807) is 0 Å². The van der Waals surface area contributed by atoms with Crippen molar-refractivity contribution in [1.82, 2.24) is 0 Å². The van der Waals surface area contributed by atoms with Gasteiger partial charge in [-0.1, -0.05) is 26.7 Å². The van der Waals surface area contributed by atoms with Gasteiger partial charge in [0.25, 0.3) is 0 Å². The minimum Gasteiger partial charge on any atom is -0.353 e. The second-order valence-corrected chi connectivity index (χ2v) is 4.65. The molecule has 0 rings (SSSR count). The molecule has 92 valence electrons. The topological polar surface area (TPSA) is 18.5 Å². The molecule has 0 aliphatic carbocycles. The molecule has 0 atom stereocenters. The normalized spacial score (nSPS) is 11.2. The SMILES string of the molecule is CCCCOC(CCSC)OCCCC. The molecule has 0 saturated carbocycles. The van der Waals surface area contributed by atoms with E-state index in [4.69, 9.17) is 9.47 Å². The maximum absolute atomic E-state index is 5.70. The highest BCUT2D eigenvalue weighted by atomic mass is 32.2. The summed E-state index contributed by atoms with van der Waals surface area (Å²) in [5, 5.41) is 0. The molecule has 0 saturated heterocycles. The highest BCUT2D eigenvalue weighted by molar-refractivity contribution is 7.98. The summed E-state index contributed by atoms with van der Waals surface area (Å²) in [6.45, 7) is 6.03. The van der Waals surface area contributed by atoms with Crippen molar-refractivity contribution in [1.29, 1.82) is 0 Å². The molecule has 0 aromatic rings. The maximum Gasteiger partial charge on any atom is 0.158 e. The van der Waals surface area contributed by atoms with Gasteiger partial charge in [-0.3, -0.25) is 0 Å². The van der Waals surface area contributed by atoms with E-state index >= 15 is 0 Å². The number of ether oxygens (including phenoxy) is 2. The molecule has 0 aromatic heterocycles. The van der Waals surface area contributed by atoms with Crippen LogP contribution in [0.25, 0.3) is 0 Å². The van der Waals surface area contributed by atoms with E-state index in [0.29, 0.717) is 0 Å². The zero-order valence-corrected chi connectivity index (χ0v) is 11.3. The van der Waals surface area contributed by atoms with Gasteiger partial charge in [-0.25, -0.2) is 0 Å². The van der Waals surface area contributed by atoms with Crippen LogP contribution in [0.4, 0.5) is 0 Å². The number of rotatable bonds is 11. The average Bonchev–Trinajstić information content (AvgIpc) is 2.25. The largest absolute Gasteiger partial charge is 0.353 e. The molecule has 0 spiro atoms. The van der Waals surface area contributed by atoms with Crippen molar-refractivity contribution in [3.05, 3.63) is 0 Å². The van der Waals surface area contributed by atoms with Crippen LogP contribution in [0.1, 0.15) is 46.0 Å². The van der Waals surface area contributed by atoms with Crippen LogP contribution in [0.3, 0.4) is 0 Å². The van der Waals surface area contributed by atoms with Crippen molar-refractivity contribution in [2.75, 3.05) is 25.2 Å². The van der Waals surface area contributed by atoms with Crippen molar-refractivity contribution in [3.8, 4) is 0 Å². The zero-order valence-electron chi connectivity index (χ0n) is 10.5. The fourth-order valence-electron chi connectivity index (χ4n) is 1.15. The Balaban J connectivity index is 3.53. The second-order valence-electron chi connectivity index (χ2n) is 3.66. The Bertz CT molecular complexity index is 110. The molecule has 0 unspecified atom stereocenters. The first-order valence-electron chi connectivity index (χ1n) is 6.07. The van der Waals surface area contributed by atoms with Gasteiger partial charge in [0, 0.05) is 19.6 Å². The Morgan fingerprint density at radius 3 is 1.93 bits per heavy atom. The van der Waals surface area contributed by atoms with Crippen molar-refractivity contribution >= 4 is 11.8 Å². The fraction of sp³-hybridized carbons (Fsp3) is 1.00. The van der Waals surface area contributed by atoms with Gasteiger partial charge in [-0.05, 0) is 24.9 Å². The highest BCUT2D eigenvalue weighted by Crippen LogP contribution is 2.08. The van der Waals surface area contributed by atoms with Crippen LogP contribution in [-0.4, -0.2) is 31.5 Å². The Labute approximate surface area is 99.1 Å². The maximum atomic E-state index is 5.70. The Hall–Kier alpha value is 0.270. The van der Waals surface area contributed by atoms with Gasteiger partial charge < -0.3 is 9.47 Å². The lowest BCUT2D eigenvalue weighted by Crippen LogP contribution is -2.19. The van der Waals surface area contributed by atoms with E-state index in [0.717, 1.165) is 38.2 Å². The highest BCUT2D eigenvalue weighted by Gasteiger charge is 2.08. The van der Waals surface area contributed by atoms with E-state index in [1.165, 1.54) is 12.8 Å². The third-order valence-corrected chi connectivity index (χ3v) is 2.80. The monoisotopic (exact) mass is 234 g/mol. The summed E-state index contributed by atoms with van der Waals surface area (Å²) in [6, 6.07) is 0. The summed E-state index contributed by atoms with van der Waals surface area (Å²) < 4.78 is 11.4. The standard InChI is InChI=1S/C12H26O2S/c1-4-6-9-13-12(8-11-15-3)14-10-7-5-2/h12H,4-11H2,1-3H3. The lowest BCUT2D eigenvalue weighted by molar-refractivity contribution is -0.143. The van der Waals surface area contributed by atoms with Crippen LogP contribution in [0.2, 0.25) is 0 Å². The predicted octanol–water partition coefficient (Wildman–Crippen LogP) is 3.70. The smallest absolute Gasteiger partial charge is 0.158 e. The van der Waals surface area contributed by atoms with Crippen LogP contribution in [0, 0.1) is 0 Å². The van der Waals surface area contributed by atoms with E-state index in [-0.39, 0.29) is 6.29 Å². The van der Waals surface area contributed by atoms with Crippen molar-refractivity contribution in [2.45, 2.75) is 52.2 Å². The summed E-state index contributed by atoms with van der Waals surface area (Å²) in [4.78, 5) is 0. The third kappa shape index (κ3) is 10.6. The van der Waals surface area contributed by atoms with Gasteiger partial charge >= 0.3 is 0 Å². The molecular weight excluding hydrogens is 208 g/mol. The lowest BCUT2D eigenvalue weighted by atomic mass is 10.3. The Kier molecular flexibility index (Phi) is 12.6. The van der Waals surface area contributed by atoms with E-state index in [1.807, 2.05) is 11.8 Å². The molecule has 0 N–H and O–H groups in total. The second kappa shape index (κ2) is 12.3. The molecule has 0 heterocycles. The van der Waals surface area contributed by atoms with Gasteiger partial charge in [-0.15, -0.1) is 0 Å². The van der Waals surface area contributed by atoms with Crippen molar-refractivity contribution in [3.63, 3.8) is 0 Å². The van der Waals surface area contributed by atoms with Gasteiger partial charge in [0.2, 0.25) is 0 Å². The molecule has 0 radical (unpaired) electrons. The number of hydrogen-bond donors (Lipinski definition) is 0. The molecule has 0 aliphatic heterocycles. The van der Waals surface area contributed by atoms with Crippen molar-refractivity contribution < 1.29 is 9.47 Å². The lowest BCUT2D eigenvalue weighted by Gasteiger charge is -2.18. The van der Waals surface area contributed by atoms with Crippen LogP contribution in [0.5, 0.6) is 0 Å². The summed E-state index contributed by atoms with van der Waals surface area (Å²) >= 11 is 1.85. The van der Waals surface area contributed by atoms with Gasteiger partial charge in [0.1, 0.15) is 0 Å². The van der Waals surface area contributed by atoms with Gasteiger partial charge in [0.05, 0.1) is 0 Å². The molecule has 3 heteroatoms. The summed E-state index contributed by atoms with van der Waals surface area (Å²) in [7, 11) is 0. The Morgan fingerprint density at radius 2 is 1.53 bits per heavy atom. The zero-order chi connectivity index (χ0) is 11.4. The van der Waals surface area contributed by atoms with Crippen LogP contribution < -0.4 is 0 Å². The number of hydrogen-bond acceptors (Lipinski definition) is 3. The quantitative estimate of drug-likeness (QED) is 0.401. The van der Waals surface area contributed by atoms with Crippen molar-refractivity contribution in [2.24, 2.45) is 0 Å². The van der Waals surface area contributed by atoms with E-state index in [2.05, 4.69) is 20.1 Å². The number of unbranched alkanes of at least 4 members (excludes halogenated alkanes) is 2. The molecule has 0 bridgehead atoms. The minimum absolute atomic E-state index is 0.0237. The van der Waals surface area contributed by atoms with E-state index < -0.39 is 0 Å². The first kappa shape index (κ1) is 15.3. The van der Waals surface area contributed by atoms with Crippen LogP contribution in [-0.2, 0) is 9.47 Å². The van der Waals surface area contributed by atoms with Crippen LogP contribution >= 0.6 is 11.8 Å². The minimum atomic E-state index is 0.0237. The molecule has 0 aromatic carbocycles. The molecule has 0 fully saturated rings. The van der Waals surface area contributed by atoms with Gasteiger partial charge in [0.15, 0.2) is 6.29 Å². The molecule has 0 aliphatic rings. The molecule has 15 heavy (non-hydrogen) atoms. The summed E-state index contributed by atoms with van der Waals surface area (Å²) in [5.74, 6) is 1.11. The predicted molar refractivity (Wildman–Crippen MR) is 68.5 cm³/mol. The first-order chi connectivity index (χ1) is 7.35. The molecule has 0 amide bonds. The fourth-order valence-corrected chi connectivity index (χ4v) is 1.58. The Morgan fingerprint density at radius 1 is 1.00 bits per heavy atom. The third-order valence-electron chi connectivity index (χ3n) is 2.16. The summed E-state index contributed by atoms with van der Waals surface area (Å²) in [5.41, 5.74) is 0. The first-order valence-corrected chi connectivity index (χ1v) is 7.46. The van der Waals surface area contributed by atoms with E-state index in [9.17, 15) is 0 Å². The summed E-state index contributed by atoms with van der Waals surface area (Å²) in [6.07, 6.45) is 7.79. The molecule has 2 nitrogen and oxygen atoms in total. The number of thioether (sulfide) groups is 1. The average molecular weight is 234 g/mol.